The van der Waals surface area contributed by atoms with E-state index in [0.717, 1.165) is 12.5 Å². The first-order valence-corrected chi connectivity index (χ1v) is 5.65. The van der Waals surface area contributed by atoms with E-state index in [1.165, 1.54) is 6.92 Å². The Hall–Kier alpha value is -1.37. The Morgan fingerprint density at radius 3 is 2.57 bits per heavy atom. The van der Waals surface area contributed by atoms with E-state index in [1.54, 1.807) is 0 Å². The van der Waals surface area contributed by atoms with Crippen molar-refractivity contribution in [3.63, 3.8) is 0 Å². The van der Waals surface area contributed by atoms with Crippen molar-refractivity contribution < 1.29 is 22.7 Å². The summed E-state index contributed by atoms with van der Waals surface area (Å²) in [5, 5.41) is 7.58. The topological polar surface area (TPSA) is 97.5 Å². The smallest absolute Gasteiger partial charge is 0.357 e. The van der Waals surface area contributed by atoms with Crippen LogP contribution in [0.5, 0.6) is 0 Å². The van der Waals surface area contributed by atoms with Crippen LogP contribution < -0.4 is 0 Å². The van der Waals surface area contributed by atoms with Crippen molar-refractivity contribution in [3.8, 4) is 0 Å². The lowest BCUT2D eigenvalue weighted by Gasteiger charge is -2.02. The van der Waals surface area contributed by atoms with E-state index in [9.17, 15) is 13.2 Å². The number of carboxylic acids is 1. The third-order valence-corrected chi connectivity index (χ3v) is 3.22. The first kappa shape index (κ1) is 10.7. The predicted molar refractivity (Wildman–Crippen MR) is 46.7 cm³/mol. The second kappa shape index (κ2) is 3.41. The van der Waals surface area contributed by atoms with E-state index < -0.39 is 21.1 Å². The van der Waals surface area contributed by atoms with Crippen molar-refractivity contribution in [2.45, 2.75) is 12.2 Å². The highest BCUT2D eigenvalue weighted by Gasteiger charge is 2.23. The minimum atomic E-state index is -3.32. The summed E-state index contributed by atoms with van der Waals surface area (Å²) in [5.41, 5.74) is -0.296. The number of aromatic carboxylic acids is 1. The van der Waals surface area contributed by atoms with Crippen molar-refractivity contribution in [2.24, 2.45) is 0 Å². The van der Waals surface area contributed by atoms with Crippen LogP contribution in [-0.4, -0.2) is 30.7 Å². The molecule has 0 aliphatic carbocycles. The molecular formula is C7H9NO5S. The molecule has 78 valence electrons. The van der Waals surface area contributed by atoms with Gasteiger partial charge in [-0.15, -0.1) is 0 Å². The molecule has 1 unspecified atom stereocenters. The molecule has 0 amide bonds. The highest BCUT2D eigenvalue weighted by atomic mass is 32.2. The fourth-order valence-electron chi connectivity index (χ4n) is 0.756. The second-order valence-corrected chi connectivity index (χ2v) is 5.21. The van der Waals surface area contributed by atoms with Crippen molar-refractivity contribution in [1.82, 2.24) is 4.98 Å². The standard InChI is InChI=1S/C7H9NO5S/c1-4(14(2,11)12)6-8-5(3-13-6)7(9)10/h3-4H,1-2H3,(H,9,10). The third-order valence-electron chi connectivity index (χ3n) is 1.73. The minimum Gasteiger partial charge on any atom is -0.476 e. The molecule has 0 spiro atoms. The van der Waals surface area contributed by atoms with Crippen LogP contribution in [0.2, 0.25) is 0 Å². The number of oxazole rings is 1. The van der Waals surface area contributed by atoms with Gasteiger partial charge in [0, 0.05) is 6.26 Å². The fraction of sp³-hybridized carbons (Fsp3) is 0.429. The van der Waals surface area contributed by atoms with Gasteiger partial charge >= 0.3 is 5.97 Å². The van der Waals surface area contributed by atoms with Crippen molar-refractivity contribution in [2.75, 3.05) is 6.26 Å². The van der Waals surface area contributed by atoms with Crippen LogP contribution in [0.1, 0.15) is 28.6 Å². The largest absolute Gasteiger partial charge is 0.476 e. The number of nitrogens with zero attached hydrogens (tertiary/aromatic N) is 1. The van der Waals surface area contributed by atoms with E-state index >= 15 is 0 Å². The summed E-state index contributed by atoms with van der Waals surface area (Å²) in [4.78, 5) is 13.9. The highest BCUT2D eigenvalue weighted by molar-refractivity contribution is 7.90. The average molecular weight is 219 g/mol. The number of hydrogen-bond donors (Lipinski definition) is 1. The molecule has 1 heterocycles. The van der Waals surface area contributed by atoms with Gasteiger partial charge in [-0.2, -0.15) is 0 Å². The maximum absolute atomic E-state index is 11.1. The lowest BCUT2D eigenvalue weighted by Crippen LogP contribution is -2.08. The lowest BCUT2D eigenvalue weighted by atomic mass is 10.4. The first-order chi connectivity index (χ1) is 6.32. The van der Waals surface area contributed by atoms with E-state index in [1.807, 2.05) is 0 Å². The number of rotatable bonds is 3. The summed E-state index contributed by atoms with van der Waals surface area (Å²) >= 11 is 0. The van der Waals surface area contributed by atoms with Crippen LogP contribution in [0.3, 0.4) is 0 Å². The van der Waals surface area contributed by atoms with Crippen LogP contribution in [0.25, 0.3) is 0 Å². The monoisotopic (exact) mass is 219 g/mol. The minimum absolute atomic E-state index is 0.107. The number of aromatic nitrogens is 1. The van der Waals surface area contributed by atoms with Gasteiger partial charge in [-0.25, -0.2) is 18.2 Å². The van der Waals surface area contributed by atoms with E-state index in [4.69, 9.17) is 9.52 Å². The maximum atomic E-state index is 11.1. The molecule has 1 atom stereocenters. The molecule has 0 radical (unpaired) electrons. The normalized spacial score (nSPS) is 13.9. The van der Waals surface area contributed by atoms with E-state index in [2.05, 4.69) is 4.98 Å². The second-order valence-electron chi connectivity index (χ2n) is 2.85. The predicted octanol–water partition coefficient (Wildman–Crippen LogP) is 0.478. The number of hydrogen-bond acceptors (Lipinski definition) is 5. The molecule has 1 aromatic rings. The molecule has 7 heteroatoms. The van der Waals surface area contributed by atoms with Gasteiger partial charge in [0.1, 0.15) is 11.5 Å². The number of sulfone groups is 1. The van der Waals surface area contributed by atoms with Gasteiger partial charge in [0.2, 0.25) is 5.89 Å². The summed E-state index contributed by atoms with van der Waals surface area (Å²) in [5.74, 6) is -1.36. The van der Waals surface area contributed by atoms with Gasteiger partial charge < -0.3 is 9.52 Å². The van der Waals surface area contributed by atoms with Crippen LogP contribution >= 0.6 is 0 Å². The first-order valence-electron chi connectivity index (χ1n) is 3.70. The Labute approximate surface area is 80.5 Å². The molecule has 14 heavy (non-hydrogen) atoms. The number of carbonyl (C=O) groups is 1. The Balaban J connectivity index is 3.04. The fourth-order valence-corrected chi connectivity index (χ4v) is 1.23. The molecule has 1 rings (SSSR count). The van der Waals surface area contributed by atoms with Gasteiger partial charge in [-0.3, -0.25) is 0 Å². The lowest BCUT2D eigenvalue weighted by molar-refractivity contribution is 0.0690. The zero-order valence-corrected chi connectivity index (χ0v) is 8.41. The van der Waals surface area contributed by atoms with Crippen LogP contribution in [0.15, 0.2) is 10.7 Å². The van der Waals surface area contributed by atoms with Gasteiger partial charge in [0.25, 0.3) is 0 Å². The van der Waals surface area contributed by atoms with Crippen molar-refractivity contribution >= 4 is 15.8 Å². The molecule has 0 aliphatic rings. The molecule has 0 saturated carbocycles. The molecule has 0 aliphatic heterocycles. The quantitative estimate of drug-likeness (QED) is 0.793. The van der Waals surface area contributed by atoms with E-state index in [-0.39, 0.29) is 11.6 Å². The average Bonchev–Trinajstić information content (AvgIpc) is 2.48. The molecule has 0 bridgehead atoms. The SMILES string of the molecule is CC(c1nc(C(=O)O)co1)S(C)(=O)=O. The van der Waals surface area contributed by atoms with Gasteiger partial charge in [0.05, 0.1) is 0 Å². The Kier molecular flexibility index (Phi) is 2.61. The summed E-state index contributed by atoms with van der Waals surface area (Å²) in [6.45, 7) is 1.38. The van der Waals surface area contributed by atoms with Crippen LogP contribution in [0, 0.1) is 0 Å². The summed E-state index contributed by atoms with van der Waals surface area (Å²) in [6.07, 6.45) is 1.95. The molecule has 1 N–H and O–H groups in total. The van der Waals surface area contributed by atoms with Gasteiger partial charge in [0.15, 0.2) is 15.5 Å². The summed E-state index contributed by atoms with van der Waals surface area (Å²) in [6, 6.07) is 0. The van der Waals surface area contributed by atoms with Crippen LogP contribution in [-0.2, 0) is 9.84 Å². The Bertz CT molecular complexity index is 446. The maximum Gasteiger partial charge on any atom is 0.357 e. The van der Waals surface area contributed by atoms with E-state index in [0.29, 0.717) is 0 Å². The van der Waals surface area contributed by atoms with Crippen molar-refractivity contribution in [3.05, 3.63) is 17.8 Å². The Morgan fingerprint density at radius 1 is 1.64 bits per heavy atom. The number of carboxylic acid groups (broad SMARTS) is 1. The Morgan fingerprint density at radius 2 is 2.21 bits per heavy atom. The molecule has 0 aromatic carbocycles. The molecule has 0 saturated heterocycles. The van der Waals surface area contributed by atoms with Gasteiger partial charge in [-0.1, -0.05) is 0 Å². The summed E-state index contributed by atoms with van der Waals surface area (Å²) in [7, 11) is -3.32. The van der Waals surface area contributed by atoms with Crippen LogP contribution in [0.4, 0.5) is 0 Å². The molecular weight excluding hydrogens is 210 g/mol. The highest BCUT2D eigenvalue weighted by Crippen LogP contribution is 2.19. The van der Waals surface area contributed by atoms with Gasteiger partial charge in [-0.05, 0) is 6.92 Å². The molecule has 0 fully saturated rings. The van der Waals surface area contributed by atoms with Crippen molar-refractivity contribution in [1.29, 1.82) is 0 Å². The molecule has 1 aromatic heterocycles. The zero-order chi connectivity index (χ0) is 10.9. The summed E-state index contributed by atoms with van der Waals surface area (Å²) < 4.78 is 26.9. The molecule has 6 nitrogen and oxygen atoms in total. The third kappa shape index (κ3) is 2.11. The zero-order valence-electron chi connectivity index (χ0n) is 7.59.